The minimum absolute atomic E-state index is 0.209. The number of hydrogen-bond acceptors (Lipinski definition) is 5. The first-order valence-electron chi connectivity index (χ1n) is 7.35. The Morgan fingerprint density at radius 3 is 2.64 bits per heavy atom. The maximum Gasteiger partial charge on any atom is 0.328 e. The topological polar surface area (TPSA) is 65.7 Å². The molecule has 1 rings (SSSR count). The number of carbonyl (C=O) groups excluding carboxylic acids is 1. The zero-order valence-corrected chi connectivity index (χ0v) is 13.4. The molecule has 0 bridgehead atoms. The van der Waals surface area contributed by atoms with Crippen LogP contribution in [0.15, 0.2) is 35.3 Å². The van der Waals surface area contributed by atoms with Gasteiger partial charge in [0.15, 0.2) is 5.92 Å². The number of aliphatic imine (C=N–C) groups is 1. The fraction of sp³-hybridized carbons (Fsp3) is 0.471. The Bertz CT molecular complexity index is 520. The molecule has 5 nitrogen and oxygen atoms in total. The summed E-state index contributed by atoms with van der Waals surface area (Å²) in [5, 5.41) is 8.98. The van der Waals surface area contributed by atoms with Crippen LogP contribution < -0.4 is 0 Å². The summed E-state index contributed by atoms with van der Waals surface area (Å²) in [6.45, 7) is 2.50. The van der Waals surface area contributed by atoms with Gasteiger partial charge in [0.25, 0.3) is 0 Å². The molecule has 0 unspecified atom stereocenters. The van der Waals surface area contributed by atoms with E-state index in [0.29, 0.717) is 6.54 Å². The normalized spacial score (nSPS) is 13.8. The zero-order valence-electron chi connectivity index (χ0n) is 13.4. The van der Waals surface area contributed by atoms with Gasteiger partial charge in [-0.2, -0.15) is 5.26 Å². The van der Waals surface area contributed by atoms with E-state index in [4.69, 9.17) is 10.00 Å². The molecule has 5 heteroatoms. The highest BCUT2D eigenvalue weighted by atomic mass is 16.5. The van der Waals surface area contributed by atoms with Crippen LogP contribution >= 0.6 is 0 Å². The van der Waals surface area contributed by atoms with Crippen molar-refractivity contribution in [2.45, 2.75) is 19.4 Å². The van der Waals surface area contributed by atoms with E-state index in [1.807, 2.05) is 38.4 Å². The fourth-order valence-electron chi connectivity index (χ4n) is 1.96. The number of likely N-dealkylation sites (N-methyl/N-ethyl adjacent to an activating group) is 1. The SMILES string of the molecule is CCOC(=O)[C@@H](C#N)C=NC[C@H](Cc1ccccc1)N(C)C. The Labute approximate surface area is 132 Å². The van der Waals surface area contributed by atoms with E-state index in [9.17, 15) is 4.79 Å². The summed E-state index contributed by atoms with van der Waals surface area (Å²) >= 11 is 0. The molecule has 0 saturated carbocycles. The van der Waals surface area contributed by atoms with Gasteiger partial charge in [-0.15, -0.1) is 0 Å². The highest BCUT2D eigenvalue weighted by Crippen LogP contribution is 2.07. The van der Waals surface area contributed by atoms with Gasteiger partial charge in [0.05, 0.1) is 19.2 Å². The van der Waals surface area contributed by atoms with Crippen LogP contribution in [0.1, 0.15) is 12.5 Å². The minimum atomic E-state index is -0.931. The van der Waals surface area contributed by atoms with E-state index in [1.54, 1.807) is 6.92 Å². The number of benzene rings is 1. The first-order chi connectivity index (χ1) is 10.6. The average Bonchev–Trinajstić information content (AvgIpc) is 2.51. The second-order valence-corrected chi connectivity index (χ2v) is 5.18. The molecular weight excluding hydrogens is 278 g/mol. The Morgan fingerprint density at radius 2 is 2.09 bits per heavy atom. The van der Waals surface area contributed by atoms with Gasteiger partial charge >= 0.3 is 5.97 Å². The molecule has 118 valence electrons. The lowest BCUT2D eigenvalue weighted by atomic mass is 10.1. The number of hydrogen-bond donors (Lipinski definition) is 0. The van der Waals surface area contributed by atoms with Crippen LogP contribution in [-0.4, -0.2) is 50.4 Å². The van der Waals surface area contributed by atoms with Gasteiger partial charge in [-0.1, -0.05) is 30.3 Å². The van der Waals surface area contributed by atoms with Gasteiger partial charge in [-0.3, -0.25) is 9.79 Å². The Morgan fingerprint density at radius 1 is 1.41 bits per heavy atom. The molecule has 0 N–H and O–H groups in total. The first kappa shape index (κ1) is 17.9. The summed E-state index contributed by atoms with van der Waals surface area (Å²) in [7, 11) is 3.99. The van der Waals surface area contributed by atoms with Crippen molar-refractivity contribution in [1.82, 2.24) is 4.90 Å². The summed E-state index contributed by atoms with van der Waals surface area (Å²) < 4.78 is 4.83. The molecule has 0 heterocycles. The third-order valence-corrected chi connectivity index (χ3v) is 3.29. The summed E-state index contributed by atoms with van der Waals surface area (Å²) in [4.78, 5) is 17.9. The largest absolute Gasteiger partial charge is 0.465 e. The molecule has 2 atom stereocenters. The number of nitriles is 1. The van der Waals surface area contributed by atoms with Crippen molar-refractivity contribution >= 4 is 12.2 Å². The van der Waals surface area contributed by atoms with Gasteiger partial charge in [0, 0.05) is 12.3 Å². The predicted octanol–water partition coefficient (Wildman–Crippen LogP) is 1.93. The number of ether oxygens (including phenoxy) is 1. The zero-order chi connectivity index (χ0) is 16.4. The maximum absolute atomic E-state index is 11.5. The Kier molecular flexibility index (Phi) is 7.87. The number of esters is 1. The van der Waals surface area contributed by atoms with Crippen molar-refractivity contribution in [3.8, 4) is 6.07 Å². The molecule has 0 aliphatic rings. The van der Waals surface area contributed by atoms with Crippen LogP contribution in [-0.2, 0) is 16.0 Å². The number of nitrogens with zero attached hydrogens (tertiary/aromatic N) is 3. The van der Waals surface area contributed by atoms with Gasteiger partial charge in [0.2, 0.25) is 0 Å². The van der Waals surface area contributed by atoms with Crippen LogP contribution in [0, 0.1) is 17.2 Å². The van der Waals surface area contributed by atoms with Crippen molar-refractivity contribution < 1.29 is 9.53 Å². The molecule has 0 aliphatic heterocycles. The van der Waals surface area contributed by atoms with E-state index >= 15 is 0 Å². The lowest BCUT2D eigenvalue weighted by Gasteiger charge is -2.22. The molecule has 0 saturated heterocycles. The van der Waals surface area contributed by atoms with E-state index in [2.05, 4.69) is 22.0 Å². The van der Waals surface area contributed by atoms with E-state index in [1.165, 1.54) is 11.8 Å². The summed E-state index contributed by atoms with van der Waals surface area (Å²) in [5.74, 6) is -1.47. The smallest absolute Gasteiger partial charge is 0.328 e. The molecule has 1 aromatic rings. The first-order valence-corrected chi connectivity index (χ1v) is 7.35. The van der Waals surface area contributed by atoms with Gasteiger partial charge in [0.1, 0.15) is 0 Å². The van der Waals surface area contributed by atoms with Crippen LogP contribution in [0.25, 0.3) is 0 Å². The van der Waals surface area contributed by atoms with Crippen LogP contribution in [0.5, 0.6) is 0 Å². The highest BCUT2D eigenvalue weighted by Gasteiger charge is 2.17. The lowest BCUT2D eigenvalue weighted by Crippen LogP contribution is -2.33. The molecule has 0 amide bonds. The van der Waals surface area contributed by atoms with Crippen LogP contribution in [0.2, 0.25) is 0 Å². The van der Waals surface area contributed by atoms with E-state index < -0.39 is 11.9 Å². The third kappa shape index (κ3) is 6.06. The quantitative estimate of drug-likeness (QED) is 0.543. The number of rotatable bonds is 8. The fourth-order valence-corrected chi connectivity index (χ4v) is 1.96. The van der Waals surface area contributed by atoms with Crippen molar-refractivity contribution in [2.75, 3.05) is 27.2 Å². The Balaban J connectivity index is 2.62. The molecule has 0 fully saturated rings. The monoisotopic (exact) mass is 301 g/mol. The standard InChI is InChI=1S/C17H23N3O2/c1-4-22-17(21)15(11-18)12-19-13-16(20(2)3)10-14-8-6-5-7-9-14/h5-9,12,15-16H,4,10,13H2,1-3H3/t15-,16-/m0/s1. The average molecular weight is 301 g/mol. The predicted molar refractivity (Wildman–Crippen MR) is 86.7 cm³/mol. The molecule has 0 aliphatic carbocycles. The minimum Gasteiger partial charge on any atom is -0.465 e. The van der Waals surface area contributed by atoms with E-state index in [-0.39, 0.29) is 12.6 Å². The molecule has 0 spiro atoms. The van der Waals surface area contributed by atoms with Crippen LogP contribution in [0.3, 0.4) is 0 Å². The van der Waals surface area contributed by atoms with Crippen molar-refractivity contribution in [3.05, 3.63) is 35.9 Å². The maximum atomic E-state index is 11.5. The molecule has 0 aromatic heterocycles. The molecule has 0 radical (unpaired) electrons. The van der Waals surface area contributed by atoms with Gasteiger partial charge in [-0.25, -0.2) is 0 Å². The highest BCUT2D eigenvalue weighted by molar-refractivity contribution is 5.92. The lowest BCUT2D eigenvalue weighted by molar-refractivity contribution is -0.143. The summed E-state index contributed by atoms with van der Waals surface area (Å²) in [5.41, 5.74) is 1.23. The van der Waals surface area contributed by atoms with Crippen LogP contribution in [0.4, 0.5) is 0 Å². The van der Waals surface area contributed by atoms with Gasteiger partial charge in [-0.05, 0) is 33.0 Å². The van der Waals surface area contributed by atoms with E-state index in [0.717, 1.165) is 6.42 Å². The molecular formula is C17H23N3O2. The number of carbonyl (C=O) groups is 1. The van der Waals surface area contributed by atoms with Gasteiger partial charge < -0.3 is 9.64 Å². The third-order valence-electron chi connectivity index (χ3n) is 3.29. The summed E-state index contributed by atoms with van der Waals surface area (Å²) in [6.07, 6.45) is 2.25. The molecule has 22 heavy (non-hydrogen) atoms. The summed E-state index contributed by atoms with van der Waals surface area (Å²) in [6, 6.07) is 12.3. The van der Waals surface area contributed by atoms with Crippen molar-refractivity contribution in [3.63, 3.8) is 0 Å². The molecule has 1 aromatic carbocycles. The van der Waals surface area contributed by atoms with Crippen molar-refractivity contribution in [1.29, 1.82) is 5.26 Å². The second kappa shape index (κ2) is 9.69. The Hall–Kier alpha value is -2.19. The second-order valence-electron chi connectivity index (χ2n) is 5.18. The van der Waals surface area contributed by atoms with Crippen molar-refractivity contribution in [2.24, 2.45) is 10.9 Å².